The number of nitrogens with zero attached hydrogens (tertiary/aromatic N) is 2. The Morgan fingerprint density at radius 1 is 0.705 bits per heavy atom. The summed E-state index contributed by atoms with van der Waals surface area (Å²) in [5.74, 6) is -2.00. The van der Waals surface area contributed by atoms with E-state index < -0.39 is 24.3 Å². The molecule has 0 spiro atoms. The quantitative estimate of drug-likeness (QED) is 0.0890. The Balaban J connectivity index is 0.000000260. The molecule has 0 aliphatic rings. The number of allylic oxidation sites excluding steroid dienone is 2. The Morgan fingerprint density at radius 2 is 1.10 bits per heavy atom. The van der Waals surface area contributed by atoms with Crippen LogP contribution in [0.3, 0.4) is 0 Å². The zero-order valence-corrected chi connectivity index (χ0v) is 39.6. The van der Waals surface area contributed by atoms with E-state index in [9.17, 15) is 23.1 Å². The van der Waals surface area contributed by atoms with Gasteiger partial charge in [0.25, 0.3) is 0 Å². The van der Waals surface area contributed by atoms with Crippen molar-refractivity contribution in [1.82, 2.24) is 9.97 Å². The van der Waals surface area contributed by atoms with E-state index in [-0.39, 0.29) is 73.5 Å². The number of aryl methyl sites for hydroxylation is 2. The molecule has 1 N–H and O–H groups in total. The molecule has 0 fully saturated rings. The number of aliphatic hydroxyl groups excluding tert-OH is 1. The van der Waals surface area contributed by atoms with Crippen molar-refractivity contribution >= 4 is 27.3 Å². The van der Waals surface area contributed by atoms with Crippen LogP contribution in [0.2, 0.25) is 0 Å². The molecule has 0 saturated heterocycles. The molecule has 4 nitrogen and oxygen atoms in total. The van der Waals surface area contributed by atoms with Crippen LogP contribution in [0.5, 0.6) is 0 Å². The van der Waals surface area contributed by atoms with Crippen molar-refractivity contribution < 1.29 is 48.7 Å². The van der Waals surface area contributed by atoms with Gasteiger partial charge in [0.2, 0.25) is 0 Å². The fourth-order valence-corrected chi connectivity index (χ4v) is 6.78. The van der Waals surface area contributed by atoms with Crippen LogP contribution < -0.4 is 0 Å². The Hall–Kier alpha value is -4.65. The summed E-state index contributed by atoms with van der Waals surface area (Å²) in [5, 5.41) is 12.9. The number of benzene rings is 4. The fraction of sp³-hybridized carbons (Fsp3) is 0.377. The second-order valence-corrected chi connectivity index (χ2v) is 17.3. The van der Waals surface area contributed by atoms with Gasteiger partial charge in [-0.25, -0.2) is 0 Å². The van der Waals surface area contributed by atoms with Gasteiger partial charge in [0.1, 0.15) is 0 Å². The third kappa shape index (κ3) is 14.5. The number of fused-ring (bicyclic) bond motifs is 2. The predicted molar refractivity (Wildman–Crippen MR) is 243 cm³/mol. The first-order valence-corrected chi connectivity index (χ1v) is 20.6. The van der Waals surface area contributed by atoms with E-state index in [4.69, 9.17) is 5.48 Å². The molecule has 0 bridgehead atoms. The molecule has 61 heavy (non-hydrogen) atoms. The van der Waals surface area contributed by atoms with Crippen LogP contribution in [0, 0.1) is 37.8 Å². The minimum absolute atomic E-state index is 0. The standard InChI is InChI=1S/2C20H20N.C13H21F3O2.Ir/c2*1-14-11-16(13-17(12-14)20(2,3)4)19-18-8-6-5-7-15(18)9-10-21-19;1-4-9(5-2)11(17)7-12(18)10(6-3)8-13(14,15)16;/h2*5-10,12-13H,1-4H3;7,9-10,18H,4-6,8H2,1-3H3;/q2*-1;;/b;;12-7-;/i2*9D,10D;;. The number of aromatic nitrogens is 2. The number of ketones is 1. The number of hydrogen-bond donors (Lipinski definition) is 1. The summed E-state index contributed by atoms with van der Waals surface area (Å²) in [4.78, 5) is 20.5. The minimum Gasteiger partial charge on any atom is -0.512 e. The van der Waals surface area contributed by atoms with Crippen molar-refractivity contribution in [2.75, 3.05) is 0 Å². The summed E-state index contributed by atoms with van der Waals surface area (Å²) in [7, 11) is 0. The van der Waals surface area contributed by atoms with E-state index in [0.717, 1.165) is 61.3 Å². The van der Waals surface area contributed by atoms with Gasteiger partial charge in [0.15, 0.2) is 5.78 Å². The second kappa shape index (κ2) is 21.9. The number of halogens is 3. The predicted octanol–water partition coefficient (Wildman–Crippen LogP) is 15.0. The largest absolute Gasteiger partial charge is 0.512 e. The zero-order valence-electron chi connectivity index (χ0n) is 41.2. The van der Waals surface area contributed by atoms with E-state index >= 15 is 0 Å². The van der Waals surface area contributed by atoms with Crippen LogP contribution >= 0.6 is 0 Å². The molecular weight excluding hydrogens is 946 g/mol. The molecule has 0 amide bonds. The van der Waals surface area contributed by atoms with Gasteiger partial charge in [-0.1, -0.05) is 125 Å². The summed E-state index contributed by atoms with van der Waals surface area (Å²) in [6, 6.07) is 30.9. The summed E-state index contributed by atoms with van der Waals surface area (Å²) in [6.45, 7) is 22.4. The number of carbonyl (C=O) groups excluding carboxylic acids is 1. The molecule has 0 aliphatic heterocycles. The van der Waals surface area contributed by atoms with Crippen LogP contribution in [0.25, 0.3) is 44.1 Å². The Labute approximate surface area is 381 Å². The molecule has 6 rings (SSSR count). The maximum Gasteiger partial charge on any atom is 0.389 e. The molecule has 6 aromatic rings. The average Bonchev–Trinajstić information content (AvgIpc) is 3.22. The Kier molecular flexibility index (Phi) is 16.0. The van der Waals surface area contributed by atoms with Crippen molar-refractivity contribution in [3.63, 3.8) is 0 Å². The van der Waals surface area contributed by atoms with E-state index in [1.165, 1.54) is 11.1 Å². The van der Waals surface area contributed by atoms with Gasteiger partial charge in [-0.2, -0.15) is 13.2 Å². The van der Waals surface area contributed by atoms with Gasteiger partial charge in [-0.15, -0.1) is 69.8 Å². The molecule has 4 aromatic carbocycles. The summed E-state index contributed by atoms with van der Waals surface area (Å²) >= 11 is 0. The SMILES string of the molecule is CCC(CC)C(=O)/C=C(\O)C(CC)CC(F)(F)F.[2H]c1nc(-c2[c-]c(C)cc(C(C)(C)C)c2)c2ccccc2c1[2H].[2H]c1nc(-c2[c-]c(C)cc(C(C)(C)C)c2)c2ccccc2c1[2H].[Ir]. The van der Waals surface area contributed by atoms with Crippen LogP contribution in [0.4, 0.5) is 13.2 Å². The topological polar surface area (TPSA) is 63.1 Å². The average molecular weight is 1010 g/mol. The maximum absolute atomic E-state index is 12.3. The molecule has 1 atom stereocenters. The number of aliphatic hydroxyl groups is 1. The second-order valence-electron chi connectivity index (χ2n) is 17.3. The normalized spacial score (nSPS) is 13.5. The molecule has 2 aromatic heterocycles. The van der Waals surface area contributed by atoms with Crippen molar-refractivity contribution in [3.05, 3.63) is 143 Å². The van der Waals surface area contributed by atoms with Gasteiger partial charge in [0.05, 0.1) is 17.7 Å². The number of rotatable bonds is 9. The first-order valence-electron chi connectivity index (χ1n) is 22.6. The first-order chi connectivity index (χ1) is 29.8. The van der Waals surface area contributed by atoms with Gasteiger partial charge >= 0.3 is 6.18 Å². The van der Waals surface area contributed by atoms with E-state index in [2.05, 4.69) is 87.9 Å². The molecule has 2 heterocycles. The molecular formula is C53H61F3IrN2O2-2. The van der Waals surface area contributed by atoms with Crippen molar-refractivity contribution in [2.45, 2.75) is 119 Å². The van der Waals surface area contributed by atoms with E-state index in [1.807, 2.05) is 76.2 Å². The van der Waals surface area contributed by atoms with Crippen LogP contribution in [0.15, 0.2) is 109 Å². The molecule has 8 heteroatoms. The smallest absolute Gasteiger partial charge is 0.389 e. The third-order valence-electron chi connectivity index (χ3n) is 10.4. The van der Waals surface area contributed by atoms with Crippen molar-refractivity contribution in [3.8, 4) is 22.5 Å². The molecule has 1 unspecified atom stereocenters. The number of alkyl halides is 3. The van der Waals surface area contributed by atoms with Gasteiger partial charge in [-0.3, -0.25) is 4.79 Å². The summed E-state index contributed by atoms with van der Waals surface area (Å²) in [6.07, 6.45) is -3.06. The fourth-order valence-electron chi connectivity index (χ4n) is 6.78. The summed E-state index contributed by atoms with van der Waals surface area (Å²) in [5.41, 5.74) is 7.85. The van der Waals surface area contributed by atoms with Crippen molar-refractivity contribution in [2.24, 2.45) is 11.8 Å². The van der Waals surface area contributed by atoms with Crippen LogP contribution in [0.1, 0.15) is 116 Å². The van der Waals surface area contributed by atoms with Gasteiger partial charge in [0, 0.05) is 50.4 Å². The monoisotopic (exact) mass is 1010 g/mol. The molecule has 0 aliphatic carbocycles. The third-order valence-corrected chi connectivity index (χ3v) is 10.4. The summed E-state index contributed by atoms with van der Waals surface area (Å²) < 4.78 is 68.9. The van der Waals surface area contributed by atoms with Gasteiger partial charge < -0.3 is 15.1 Å². The minimum atomic E-state index is -4.33. The Morgan fingerprint density at radius 3 is 1.46 bits per heavy atom. The number of hydrogen-bond acceptors (Lipinski definition) is 4. The molecule has 0 saturated carbocycles. The van der Waals surface area contributed by atoms with Gasteiger partial charge in [-0.05, 0) is 75.1 Å². The maximum atomic E-state index is 12.3. The zero-order chi connectivity index (χ0) is 47.9. The molecule has 1 radical (unpaired) electrons. The number of pyridine rings is 2. The molecule has 327 valence electrons. The van der Waals surface area contributed by atoms with E-state index in [0.29, 0.717) is 12.8 Å². The van der Waals surface area contributed by atoms with Crippen LogP contribution in [-0.4, -0.2) is 27.0 Å². The van der Waals surface area contributed by atoms with Crippen LogP contribution in [-0.2, 0) is 35.7 Å². The Bertz CT molecular complexity index is 2480. The first kappa shape index (κ1) is 44.4. The number of carbonyl (C=O) groups is 1. The van der Waals surface area contributed by atoms with E-state index in [1.54, 1.807) is 6.92 Å². The van der Waals surface area contributed by atoms with Crippen molar-refractivity contribution in [1.29, 1.82) is 0 Å².